The summed E-state index contributed by atoms with van der Waals surface area (Å²) in [5.74, 6) is 5.33. The van der Waals surface area contributed by atoms with Crippen molar-refractivity contribution < 1.29 is 9.50 Å². The van der Waals surface area contributed by atoms with Gasteiger partial charge in [-0.1, -0.05) is 0 Å². The highest BCUT2D eigenvalue weighted by Crippen LogP contribution is 2.33. The maximum absolute atomic E-state index is 13.9. The summed E-state index contributed by atoms with van der Waals surface area (Å²) in [6.07, 6.45) is 0. The molecule has 20 heavy (non-hydrogen) atoms. The summed E-state index contributed by atoms with van der Waals surface area (Å²) in [4.78, 5) is 4.44. The Bertz CT molecular complexity index is 785. The molecule has 0 atom stereocenters. The van der Waals surface area contributed by atoms with Crippen LogP contribution in [0.25, 0.3) is 20.8 Å². The van der Waals surface area contributed by atoms with E-state index >= 15 is 0 Å². The zero-order chi connectivity index (χ0) is 14.3. The number of nitrogens with two attached hydrogens (primary N) is 1. The highest BCUT2D eigenvalue weighted by molar-refractivity contribution is 7.21. The number of hydrazine groups is 1. The maximum Gasteiger partial charge on any atom is 0.148 e. The molecular weight excluding hydrogens is 277 g/mol. The van der Waals surface area contributed by atoms with Crippen molar-refractivity contribution in [1.82, 2.24) is 4.98 Å². The lowest BCUT2D eigenvalue weighted by molar-refractivity contribution is 0.476. The zero-order valence-electron chi connectivity index (χ0n) is 10.7. The minimum absolute atomic E-state index is 0.194. The molecule has 6 heteroatoms. The average Bonchev–Trinajstić information content (AvgIpc) is 2.81. The zero-order valence-corrected chi connectivity index (χ0v) is 11.5. The lowest BCUT2D eigenvalue weighted by Gasteiger charge is -2.13. The van der Waals surface area contributed by atoms with Crippen LogP contribution in [0.3, 0.4) is 0 Å². The van der Waals surface area contributed by atoms with Gasteiger partial charge in [0.25, 0.3) is 0 Å². The molecule has 3 aromatic rings. The van der Waals surface area contributed by atoms with Gasteiger partial charge in [0.15, 0.2) is 0 Å². The van der Waals surface area contributed by atoms with Gasteiger partial charge in [-0.2, -0.15) is 0 Å². The molecule has 4 nitrogen and oxygen atoms in total. The topological polar surface area (TPSA) is 62.4 Å². The van der Waals surface area contributed by atoms with Crippen LogP contribution in [0.15, 0.2) is 36.4 Å². The summed E-state index contributed by atoms with van der Waals surface area (Å²) >= 11 is 1.40. The smallest absolute Gasteiger partial charge is 0.148 e. The molecule has 1 aromatic heterocycles. The van der Waals surface area contributed by atoms with Gasteiger partial charge in [0.05, 0.1) is 15.9 Å². The fourth-order valence-corrected chi connectivity index (χ4v) is 2.96. The fourth-order valence-electron chi connectivity index (χ4n) is 1.96. The molecule has 2 aromatic carbocycles. The molecule has 0 aliphatic heterocycles. The summed E-state index contributed by atoms with van der Waals surface area (Å²) in [6, 6.07) is 9.78. The van der Waals surface area contributed by atoms with E-state index in [0.29, 0.717) is 16.3 Å². The van der Waals surface area contributed by atoms with Crippen LogP contribution in [0.2, 0.25) is 0 Å². The minimum atomic E-state index is -0.394. The third kappa shape index (κ3) is 2.19. The third-order valence-electron chi connectivity index (χ3n) is 2.95. The molecule has 3 rings (SSSR count). The summed E-state index contributed by atoms with van der Waals surface area (Å²) in [5.41, 5.74) is 1.80. The number of aromatic nitrogens is 1. The van der Waals surface area contributed by atoms with Gasteiger partial charge in [0.1, 0.15) is 16.6 Å². The number of rotatable bonds is 2. The lowest BCUT2D eigenvalue weighted by atomic mass is 10.2. The van der Waals surface area contributed by atoms with Gasteiger partial charge in [0.2, 0.25) is 0 Å². The Labute approximate surface area is 118 Å². The van der Waals surface area contributed by atoms with Gasteiger partial charge in [-0.25, -0.2) is 15.2 Å². The monoisotopic (exact) mass is 289 g/mol. The van der Waals surface area contributed by atoms with E-state index in [-0.39, 0.29) is 5.75 Å². The SMILES string of the molecule is CN(N)c1ccc(-c2nc3ccc(O)cc3s2)cc1F. The fraction of sp³-hybridized carbons (Fsp3) is 0.0714. The first-order valence-electron chi connectivity index (χ1n) is 5.92. The van der Waals surface area contributed by atoms with Crippen LogP contribution in [-0.2, 0) is 0 Å². The normalized spacial score (nSPS) is 10.9. The van der Waals surface area contributed by atoms with E-state index in [4.69, 9.17) is 5.84 Å². The van der Waals surface area contributed by atoms with Crippen molar-refractivity contribution in [2.75, 3.05) is 12.1 Å². The van der Waals surface area contributed by atoms with E-state index in [9.17, 15) is 9.50 Å². The van der Waals surface area contributed by atoms with Crippen molar-refractivity contribution in [1.29, 1.82) is 0 Å². The summed E-state index contributed by atoms with van der Waals surface area (Å²) in [6.45, 7) is 0. The first-order chi connectivity index (χ1) is 9.54. The number of fused-ring (bicyclic) bond motifs is 1. The van der Waals surface area contributed by atoms with E-state index in [1.54, 1.807) is 37.4 Å². The number of thiazole rings is 1. The first-order valence-corrected chi connectivity index (χ1v) is 6.74. The summed E-state index contributed by atoms with van der Waals surface area (Å²) in [5, 5.41) is 11.4. The molecule has 0 aliphatic carbocycles. The largest absolute Gasteiger partial charge is 0.508 e. The van der Waals surface area contributed by atoms with Gasteiger partial charge in [0, 0.05) is 12.6 Å². The molecule has 0 unspecified atom stereocenters. The highest BCUT2D eigenvalue weighted by atomic mass is 32.1. The number of benzene rings is 2. The number of anilines is 1. The van der Waals surface area contributed by atoms with Gasteiger partial charge in [-0.15, -0.1) is 11.3 Å². The molecule has 0 spiro atoms. The summed E-state index contributed by atoms with van der Waals surface area (Å²) < 4.78 is 14.8. The second kappa shape index (κ2) is 4.73. The Morgan fingerprint density at radius 1 is 1.25 bits per heavy atom. The third-order valence-corrected chi connectivity index (χ3v) is 4.01. The number of aromatic hydroxyl groups is 1. The van der Waals surface area contributed by atoms with Crippen LogP contribution in [0.5, 0.6) is 5.75 Å². The van der Waals surface area contributed by atoms with Crippen LogP contribution in [0.4, 0.5) is 10.1 Å². The average molecular weight is 289 g/mol. The standard InChI is InChI=1S/C14H12FN3OS/c1-18(16)12-5-2-8(6-10(12)15)14-17-11-4-3-9(19)7-13(11)20-14/h2-7,19H,16H2,1H3. The molecular formula is C14H12FN3OS. The van der Waals surface area contributed by atoms with Gasteiger partial charge in [-0.3, -0.25) is 0 Å². The van der Waals surface area contributed by atoms with E-state index in [1.807, 2.05) is 0 Å². The first kappa shape index (κ1) is 12.8. The number of halogens is 1. The molecule has 102 valence electrons. The Balaban J connectivity index is 2.08. The second-order valence-electron chi connectivity index (χ2n) is 4.45. The van der Waals surface area contributed by atoms with Crippen LogP contribution in [0.1, 0.15) is 0 Å². The molecule has 1 heterocycles. The van der Waals surface area contributed by atoms with Gasteiger partial charge >= 0.3 is 0 Å². The number of hydrogen-bond donors (Lipinski definition) is 2. The van der Waals surface area contributed by atoms with Crippen LogP contribution < -0.4 is 10.9 Å². The Morgan fingerprint density at radius 2 is 2.05 bits per heavy atom. The van der Waals surface area contributed by atoms with Crippen molar-refractivity contribution in [2.45, 2.75) is 0 Å². The lowest BCUT2D eigenvalue weighted by Crippen LogP contribution is -2.25. The molecule has 0 saturated carbocycles. The van der Waals surface area contributed by atoms with Crippen molar-refractivity contribution in [2.24, 2.45) is 5.84 Å². The quantitative estimate of drug-likeness (QED) is 0.562. The predicted molar refractivity (Wildman–Crippen MR) is 79.3 cm³/mol. The van der Waals surface area contributed by atoms with Crippen LogP contribution in [0, 0.1) is 5.82 Å². The molecule has 0 amide bonds. The maximum atomic E-state index is 13.9. The van der Waals surface area contributed by atoms with E-state index < -0.39 is 5.82 Å². The molecule has 3 N–H and O–H groups in total. The van der Waals surface area contributed by atoms with E-state index in [1.165, 1.54) is 22.4 Å². The number of phenolic OH excluding ortho intramolecular Hbond substituents is 1. The Kier molecular flexibility index (Phi) is 3.04. The molecule has 0 fully saturated rings. The molecule has 0 radical (unpaired) electrons. The van der Waals surface area contributed by atoms with Crippen molar-refractivity contribution in [3.63, 3.8) is 0 Å². The number of nitrogens with zero attached hydrogens (tertiary/aromatic N) is 2. The summed E-state index contributed by atoms with van der Waals surface area (Å²) in [7, 11) is 1.58. The number of hydrogen-bond acceptors (Lipinski definition) is 5. The van der Waals surface area contributed by atoms with Crippen molar-refractivity contribution in [3.8, 4) is 16.3 Å². The van der Waals surface area contributed by atoms with Crippen LogP contribution in [-0.4, -0.2) is 17.1 Å². The van der Waals surface area contributed by atoms with Gasteiger partial charge < -0.3 is 10.1 Å². The van der Waals surface area contributed by atoms with E-state index in [0.717, 1.165) is 10.2 Å². The van der Waals surface area contributed by atoms with Crippen molar-refractivity contribution >= 4 is 27.2 Å². The molecule has 0 saturated heterocycles. The highest BCUT2D eigenvalue weighted by Gasteiger charge is 2.11. The Hall–Kier alpha value is -2.18. The van der Waals surface area contributed by atoms with Crippen molar-refractivity contribution in [3.05, 3.63) is 42.2 Å². The number of phenols is 1. The van der Waals surface area contributed by atoms with E-state index in [2.05, 4.69) is 4.98 Å². The predicted octanol–water partition coefficient (Wildman–Crippen LogP) is 3.12. The minimum Gasteiger partial charge on any atom is -0.508 e. The second-order valence-corrected chi connectivity index (χ2v) is 5.48. The molecule has 0 aliphatic rings. The van der Waals surface area contributed by atoms with Gasteiger partial charge in [-0.05, 0) is 36.4 Å². The molecule has 0 bridgehead atoms. The Morgan fingerprint density at radius 3 is 2.75 bits per heavy atom. The van der Waals surface area contributed by atoms with Crippen LogP contribution >= 0.6 is 11.3 Å².